The van der Waals surface area contributed by atoms with Gasteiger partial charge in [0, 0.05) is 17.8 Å². The van der Waals surface area contributed by atoms with Crippen molar-refractivity contribution < 1.29 is 9.31 Å². The van der Waals surface area contributed by atoms with Crippen LogP contribution in [0.1, 0.15) is 5.56 Å². The lowest BCUT2D eigenvalue weighted by Gasteiger charge is -2.10. The molecule has 2 aromatic carbocycles. The molecule has 3 rings (SSSR count). The molecule has 0 unspecified atom stereocenters. The van der Waals surface area contributed by atoms with Crippen LogP contribution in [0.2, 0.25) is 0 Å². The van der Waals surface area contributed by atoms with Crippen molar-refractivity contribution in [3.05, 3.63) is 76.2 Å². The molecule has 0 fully saturated rings. The monoisotopic (exact) mass is 350 g/mol. The lowest BCUT2D eigenvalue weighted by Crippen LogP contribution is -2.04. The van der Waals surface area contributed by atoms with E-state index in [9.17, 15) is 19.8 Å². The number of para-hydroxylation sites is 1. The smallest absolute Gasteiger partial charge is 0.292 e. The van der Waals surface area contributed by atoms with Gasteiger partial charge in [-0.15, -0.1) is 0 Å². The highest BCUT2D eigenvalue weighted by atomic mass is 19.1. The second-order valence-electron chi connectivity index (χ2n) is 5.10. The van der Waals surface area contributed by atoms with E-state index in [1.54, 1.807) is 12.1 Å². The second-order valence-corrected chi connectivity index (χ2v) is 5.10. The molecule has 8 nitrogen and oxygen atoms in total. The zero-order chi connectivity index (χ0) is 18.5. The SMILES string of the molecule is N#Cc1cnc(Nc2cc(F)ccc2[N+](=O)[O-])nc1Nc1ccccc1. The van der Waals surface area contributed by atoms with E-state index in [-0.39, 0.29) is 28.7 Å². The Kier molecular flexibility index (Phi) is 4.67. The first kappa shape index (κ1) is 16.8. The summed E-state index contributed by atoms with van der Waals surface area (Å²) >= 11 is 0. The van der Waals surface area contributed by atoms with Crippen molar-refractivity contribution in [2.45, 2.75) is 0 Å². The number of nitro benzene ring substituents is 1. The molecule has 1 heterocycles. The van der Waals surface area contributed by atoms with E-state index in [1.807, 2.05) is 24.3 Å². The van der Waals surface area contributed by atoms with Crippen LogP contribution in [0.15, 0.2) is 54.7 Å². The van der Waals surface area contributed by atoms with E-state index in [2.05, 4.69) is 20.6 Å². The van der Waals surface area contributed by atoms with Crippen molar-refractivity contribution in [3.8, 4) is 6.07 Å². The molecule has 0 spiro atoms. The largest absolute Gasteiger partial charge is 0.339 e. The number of nitrogens with zero attached hydrogens (tertiary/aromatic N) is 4. The number of nitrogens with one attached hydrogen (secondary N) is 2. The van der Waals surface area contributed by atoms with Gasteiger partial charge in [0.25, 0.3) is 5.69 Å². The molecule has 128 valence electrons. The summed E-state index contributed by atoms with van der Waals surface area (Å²) in [5.74, 6) is -0.444. The summed E-state index contributed by atoms with van der Waals surface area (Å²) in [6.07, 6.45) is 1.27. The van der Waals surface area contributed by atoms with Gasteiger partial charge in [-0.3, -0.25) is 10.1 Å². The van der Waals surface area contributed by atoms with E-state index in [0.29, 0.717) is 5.69 Å². The highest BCUT2D eigenvalue weighted by Crippen LogP contribution is 2.28. The minimum absolute atomic E-state index is 0.0175. The van der Waals surface area contributed by atoms with Crippen LogP contribution >= 0.6 is 0 Å². The number of aromatic nitrogens is 2. The fourth-order valence-corrected chi connectivity index (χ4v) is 2.17. The Morgan fingerprint density at radius 3 is 2.62 bits per heavy atom. The highest BCUT2D eigenvalue weighted by molar-refractivity contribution is 5.69. The minimum atomic E-state index is -0.644. The summed E-state index contributed by atoms with van der Waals surface area (Å²) in [4.78, 5) is 18.5. The molecule has 3 aromatic rings. The molecule has 0 atom stereocenters. The van der Waals surface area contributed by atoms with Crippen LogP contribution < -0.4 is 10.6 Å². The summed E-state index contributed by atoms with van der Waals surface area (Å²) in [5.41, 5.74) is 0.473. The van der Waals surface area contributed by atoms with Gasteiger partial charge in [0.2, 0.25) is 5.95 Å². The van der Waals surface area contributed by atoms with Crippen LogP contribution in [0, 0.1) is 27.3 Å². The van der Waals surface area contributed by atoms with Crippen LogP contribution in [0.4, 0.5) is 33.2 Å². The summed E-state index contributed by atoms with van der Waals surface area (Å²) < 4.78 is 13.4. The topological polar surface area (TPSA) is 117 Å². The number of anilines is 4. The van der Waals surface area contributed by atoms with Crippen LogP contribution in [0.25, 0.3) is 0 Å². The third-order valence-electron chi connectivity index (χ3n) is 3.35. The first-order valence-electron chi connectivity index (χ1n) is 7.37. The van der Waals surface area contributed by atoms with Gasteiger partial charge in [-0.2, -0.15) is 10.2 Å². The highest BCUT2D eigenvalue weighted by Gasteiger charge is 2.16. The molecule has 26 heavy (non-hydrogen) atoms. The van der Waals surface area contributed by atoms with Gasteiger partial charge < -0.3 is 10.6 Å². The van der Waals surface area contributed by atoms with Gasteiger partial charge in [-0.1, -0.05) is 18.2 Å². The fraction of sp³-hybridized carbons (Fsp3) is 0. The average molecular weight is 350 g/mol. The van der Waals surface area contributed by atoms with Crippen molar-refractivity contribution in [1.82, 2.24) is 9.97 Å². The maximum absolute atomic E-state index is 13.4. The molecule has 0 saturated heterocycles. The Labute approximate surface area is 147 Å². The number of hydrogen-bond donors (Lipinski definition) is 2. The molecule has 9 heteroatoms. The van der Waals surface area contributed by atoms with E-state index in [0.717, 1.165) is 18.2 Å². The quantitative estimate of drug-likeness (QED) is 0.529. The van der Waals surface area contributed by atoms with E-state index in [1.165, 1.54) is 6.20 Å². The van der Waals surface area contributed by atoms with Crippen LogP contribution in [-0.4, -0.2) is 14.9 Å². The lowest BCUT2D eigenvalue weighted by atomic mass is 10.2. The first-order chi connectivity index (χ1) is 12.6. The standard InChI is InChI=1S/C17H11FN6O2/c18-12-6-7-15(24(25)26)14(8-12)22-17-20-10-11(9-19)16(23-17)21-13-4-2-1-3-5-13/h1-8,10H,(H2,20,21,22,23). The Morgan fingerprint density at radius 2 is 1.92 bits per heavy atom. The van der Waals surface area contributed by atoms with Gasteiger partial charge in [0.15, 0.2) is 5.82 Å². The summed E-state index contributed by atoms with van der Waals surface area (Å²) in [6.45, 7) is 0. The summed E-state index contributed by atoms with van der Waals surface area (Å²) in [5, 5.41) is 25.9. The molecular weight excluding hydrogens is 339 g/mol. The third kappa shape index (κ3) is 3.70. The Hall–Kier alpha value is -4.06. The molecular formula is C17H11FN6O2. The first-order valence-corrected chi connectivity index (χ1v) is 7.37. The Morgan fingerprint density at radius 1 is 1.15 bits per heavy atom. The molecule has 0 bridgehead atoms. The van der Waals surface area contributed by atoms with Gasteiger partial charge >= 0.3 is 0 Å². The van der Waals surface area contributed by atoms with E-state index in [4.69, 9.17) is 0 Å². The Balaban J connectivity index is 1.95. The maximum Gasteiger partial charge on any atom is 0.292 e. The number of nitriles is 1. The average Bonchev–Trinajstić information content (AvgIpc) is 2.63. The zero-order valence-corrected chi connectivity index (χ0v) is 13.2. The van der Waals surface area contributed by atoms with Crippen molar-refractivity contribution in [1.29, 1.82) is 5.26 Å². The molecule has 1 aromatic heterocycles. The molecule has 0 saturated carbocycles. The molecule has 0 aliphatic rings. The third-order valence-corrected chi connectivity index (χ3v) is 3.35. The normalized spacial score (nSPS) is 10.0. The number of hydrogen-bond acceptors (Lipinski definition) is 7. The van der Waals surface area contributed by atoms with Gasteiger partial charge in [0.05, 0.1) is 11.1 Å². The fourth-order valence-electron chi connectivity index (χ4n) is 2.17. The van der Waals surface area contributed by atoms with Crippen molar-refractivity contribution in [3.63, 3.8) is 0 Å². The molecule has 0 aliphatic heterocycles. The molecule has 0 radical (unpaired) electrons. The summed E-state index contributed by atoms with van der Waals surface area (Å²) in [7, 11) is 0. The lowest BCUT2D eigenvalue weighted by molar-refractivity contribution is -0.384. The number of nitro groups is 1. The predicted molar refractivity (Wildman–Crippen MR) is 92.8 cm³/mol. The van der Waals surface area contributed by atoms with Crippen LogP contribution in [0.5, 0.6) is 0 Å². The maximum atomic E-state index is 13.4. The van der Waals surface area contributed by atoms with E-state index >= 15 is 0 Å². The van der Waals surface area contributed by atoms with Gasteiger partial charge in [-0.05, 0) is 18.2 Å². The molecule has 2 N–H and O–H groups in total. The minimum Gasteiger partial charge on any atom is -0.339 e. The van der Waals surface area contributed by atoms with Gasteiger partial charge in [0.1, 0.15) is 23.1 Å². The van der Waals surface area contributed by atoms with Crippen LogP contribution in [0.3, 0.4) is 0 Å². The Bertz CT molecular complexity index is 1000. The summed E-state index contributed by atoms with van der Waals surface area (Å²) in [6, 6.07) is 14.0. The van der Waals surface area contributed by atoms with Crippen molar-refractivity contribution in [2.24, 2.45) is 0 Å². The number of halogens is 1. The number of benzene rings is 2. The molecule has 0 aliphatic carbocycles. The van der Waals surface area contributed by atoms with Gasteiger partial charge in [-0.25, -0.2) is 9.37 Å². The van der Waals surface area contributed by atoms with Crippen molar-refractivity contribution >= 4 is 28.8 Å². The molecule has 0 amide bonds. The predicted octanol–water partition coefficient (Wildman–Crippen LogP) is 3.88. The van der Waals surface area contributed by atoms with Crippen LogP contribution in [-0.2, 0) is 0 Å². The second kappa shape index (κ2) is 7.23. The van der Waals surface area contributed by atoms with Crippen molar-refractivity contribution in [2.75, 3.05) is 10.6 Å². The zero-order valence-electron chi connectivity index (χ0n) is 13.2. The number of rotatable bonds is 5. The van der Waals surface area contributed by atoms with E-state index < -0.39 is 10.7 Å².